The summed E-state index contributed by atoms with van der Waals surface area (Å²) < 4.78 is 5.31. The molecule has 36 heavy (non-hydrogen) atoms. The minimum atomic E-state index is -1.25. The number of carbonyl (C=O) groups excluding carboxylic acids is 2. The third-order valence-electron chi connectivity index (χ3n) is 5.67. The number of anilines is 1. The van der Waals surface area contributed by atoms with E-state index in [1.807, 2.05) is 20.8 Å². The maximum Gasteiger partial charge on any atom is 0.335 e. The summed E-state index contributed by atoms with van der Waals surface area (Å²) in [7, 11) is 0. The third kappa shape index (κ3) is 15.2. The lowest BCUT2D eigenvalue weighted by atomic mass is 10.0. The van der Waals surface area contributed by atoms with E-state index in [0.717, 1.165) is 51.0 Å². The van der Waals surface area contributed by atoms with Crippen LogP contribution in [0.15, 0.2) is 18.2 Å². The number of hydrogen-bond acceptors (Lipinski definition) is 5. The number of carbonyl (C=O) groups is 4. The van der Waals surface area contributed by atoms with Gasteiger partial charge < -0.3 is 20.3 Å². The van der Waals surface area contributed by atoms with Crippen molar-refractivity contribution in [3.05, 3.63) is 29.3 Å². The number of unbranched alkanes of at least 4 members (excludes halogenated alkanes) is 11. The zero-order valence-corrected chi connectivity index (χ0v) is 22.1. The van der Waals surface area contributed by atoms with E-state index in [1.165, 1.54) is 44.2 Å². The van der Waals surface area contributed by atoms with Gasteiger partial charge >= 0.3 is 17.9 Å². The minimum absolute atomic E-state index is 0.108. The molecule has 8 nitrogen and oxygen atoms in total. The fourth-order valence-electron chi connectivity index (χ4n) is 3.89. The van der Waals surface area contributed by atoms with Gasteiger partial charge in [-0.1, -0.05) is 64.2 Å². The van der Waals surface area contributed by atoms with Crippen LogP contribution >= 0.6 is 0 Å². The number of aromatic carboxylic acids is 2. The van der Waals surface area contributed by atoms with E-state index in [2.05, 4.69) is 5.32 Å². The van der Waals surface area contributed by atoms with Crippen LogP contribution in [0.4, 0.5) is 5.69 Å². The van der Waals surface area contributed by atoms with Gasteiger partial charge in [-0.15, -0.1) is 0 Å². The molecule has 0 saturated carbocycles. The highest BCUT2D eigenvalue weighted by molar-refractivity contribution is 5.98. The van der Waals surface area contributed by atoms with Crippen molar-refractivity contribution in [2.45, 2.75) is 116 Å². The molecule has 0 saturated heterocycles. The summed E-state index contributed by atoms with van der Waals surface area (Å²) in [6.45, 7) is 5.66. The standard InChI is InChI=1S/C28H43NO7/c1-28(2,3)36-25(31)17-15-13-11-9-7-5-4-6-8-10-12-14-16-24(30)29-23-19-21(26(32)33)18-22(20-23)27(34)35/h18-20H,4-17H2,1-3H3,(H,29,30)(H,32,33)(H,34,35). The zero-order chi connectivity index (χ0) is 27.0. The predicted octanol–water partition coefficient (Wildman–Crippen LogP) is 6.82. The van der Waals surface area contributed by atoms with Gasteiger partial charge in [0.15, 0.2) is 0 Å². The van der Waals surface area contributed by atoms with Gasteiger partial charge in [0.05, 0.1) is 11.1 Å². The number of nitrogens with one attached hydrogen (secondary N) is 1. The lowest BCUT2D eigenvalue weighted by molar-refractivity contribution is -0.154. The van der Waals surface area contributed by atoms with Gasteiger partial charge in [-0.25, -0.2) is 9.59 Å². The van der Waals surface area contributed by atoms with E-state index >= 15 is 0 Å². The summed E-state index contributed by atoms with van der Waals surface area (Å²) in [5, 5.41) is 20.8. The van der Waals surface area contributed by atoms with Crippen molar-refractivity contribution >= 4 is 29.5 Å². The van der Waals surface area contributed by atoms with Crippen molar-refractivity contribution < 1.29 is 34.1 Å². The number of benzene rings is 1. The Morgan fingerprint density at radius 3 is 1.44 bits per heavy atom. The van der Waals surface area contributed by atoms with E-state index in [9.17, 15) is 19.2 Å². The van der Waals surface area contributed by atoms with Crippen LogP contribution in [0.25, 0.3) is 0 Å². The van der Waals surface area contributed by atoms with Crippen LogP contribution in [0.2, 0.25) is 0 Å². The van der Waals surface area contributed by atoms with Crippen LogP contribution in [0, 0.1) is 0 Å². The van der Waals surface area contributed by atoms with Crippen LogP contribution in [-0.4, -0.2) is 39.6 Å². The molecule has 1 aromatic carbocycles. The van der Waals surface area contributed by atoms with Crippen molar-refractivity contribution in [3.63, 3.8) is 0 Å². The van der Waals surface area contributed by atoms with Crippen molar-refractivity contribution in [3.8, 4) is 0 Å². The maximum absolute atomic E-state index is 12.1. The molecule has 0 heterocycles. The van der Waals surface area contributed by atoms with Crippen LogP contribution in [0.1, 0.15) is 131 Å². The molecule has 1 aromatic rings. The molecule has 0 bridgehead atoms. The van der Waals surface area contributed by atoms with Crippen LogP contribution in [0.3, 0.4) is 0 Å². The Hall–Kier alpha value is -2.90. The number of amides is 1. The second-order valence-electron chi connectivity index (χ2n) is 10.3. The molecule has 0 aliphatic heterocycles. The van der Waals surface area contributed by atoms with E-state index in [4.69, 9.17) is 14.9 Å². The first-order valence-corrected chi connectivity index (χ1v) is 13.1. The summed E-state index contributed by atoms with van der Waals surface area (Å²) in [4.78, 5) is 46.1. The largest absolute Gasteiger partial charge is 0.478 e. The Balaban J connectivity index is 2.02. The fourth-order valence-corrected chi connectivity index (χ4v) is 3.89. The molecule has 0 aliphatic carbocycles. The number of rotatable bonds is 18. The topological polar surface area (TPSA) is 130 Å². The average molecular weight is 506 g/mol. The highest BCUT2D eigenvalue weighted by atomic mass is 16.6. The lowest BCUT2D eigenvalue weighted by Gasteiger charge is -2.19. The first-order chi connectivity index (χ1) is 17.0. The van der Waals surface area contributed by atoms with E-state index < -0.39 is 17.5 Å². The zero-order valence-electron chi connectivity index (χ0n) is 22.1. The molecule has 0 atom stereocenters. The Kier molecular flexibility index (Phi) is 14.5. The van der Waals surface area contributed by atoms with Gasteiger partial charge in [-0.05, 0) is 51.8 Å². The monoisotopic (exact) mass is 505 g/mol. The second kappa shape index (κ2) is 16.7. The minimum Gasteiger partial charge on any atom is -0.478 e. The van der Waals surface area contributed by atoms with Gasteiger partial charge in [0.2, 0.25) is 5.91 Å². The Bertz CT molecular complexity index is 826. The summed E-state index contributed by atoms with van der Waals surface area (Å²) in [6.07, 6.45) is 13.9. The first kappa shape index (κ1) is 31.1. The number of ether oxygens (including phenoxy) is 1. The molecule has 0 spiro atoms. The average Bonchev–Trinajstić information content (AvgIpc) is 2.77. The van der Waals surface area contributed by atoms with Crippen molar-refractivity contribution in [1.29, 1.82) is 0 Å². The molecule has 3 N–H and O–H groups in total. The number of esters is 1. The molecular formula is C28H43NO7. The molecule has 0 aliphatic rings. The van der Waals surface area contributed by atoms with Gasteiger partial charge in [-0.2, -0.15) is 0 Å². The van der Waals surface area contributed by atoms with Gasteiger partial charge in [0.1, 0.15) is 5.60 Å². The molecule has 0 fully saturated rings. The fraction of sp³-hybridized carbons (Fsp3) is 0.643. The highest BCUT2D eigenvalue weighted by Gasteiger charge is 2.15. The number of hydrogen-bond donors (Lipinski definition) is 3. The Labute approximate surface area is 214 Å². The second-order valence-corrected chi connectivity index (χ2v) is 10.3. The van der Waals surface area contributed by atoms with E-state index in [1.54, 1.807) is 0 Å². The van der Waals surface area contributed by atoms with Crippen LogP contribution in [-0.2, 0) is 14.3 Å². The summed E-state index contributed by atoms with van der Waals surface area (Å²) in [6, 6.07) is 3.59. The number of carboxylic acid groups (broad SMARTS) is 2. The summed E-state index contributed by atoms with van der Waals surface area (Å²) in [5.74, 6) is -2.85. The van der Waals surface area contributed by atoms with Crippen LogP contribution in [0.5, 0.6) is 0 Å². The third-order valence-corrected chi connectivity index (χ3v) is 5.67. The molecular weight excluding hydrogens is 462 g/mol. The van der Waals surface area contributed by atoms with Crippen molar-refractivity contribution in [2.24, 2.45) is 0 Å². The first-order valence-electron chi connectivity index (χ1n) is 13.1. The molecule has 0 unspecified atom stereocenters. The SMILES string of the molecule is CC(C)(C)OC(=O)CCCCCCCCCCCCCCC(=O)Nc1cc(C(=O)O)cc(C(=O)O)c1. The van der Waals surface area contributed by atoms with Gasteiger partial charge in [-0.3, -0.25) is 9.59 Å². The number of carboxylic acids is 2. The van der Waals surface area contributed by atoms with E-state index in [-0.39, 0.29) is 28.7 Å². The quantitative estimate of drug-likeness (QED) is 0.147. The lowest BCUT2D eigenvalue weighted by Crippen LogP contribution is -2.23. The predicted molar refractivity (Wildman–Crippen MR) is 139 cm³/mol. The Morgan fingerprint density at radius 1 is 0.667 bits per heavy atom. The molecule has 0 aromatic heterocycles. The molecule has 1 amide bonds. The summed E-state index contributed by atoms with van der Waals surface area (Å²) >= 11 is 0. The van der Waals surface area contributed by atoms with Crippen molar-refractivity contribution in [2.75, 3.05) is 5.32 Å². The molecule has 0 radical (unpaired) electrons. The van der Waals surface area contributed by atoms with E-state index in [0.29, 0.717) is 12.8 Å². The highest BCUT2D eigenvalue weighted by Crippen LogP contribution is 2.17. The van der Waals surface area contributed by atoms with Gasteiger partial charge in [0, 0.05) is 18.5 Å². The Morgan fingerprint density at radius 2 is 1.06 bits per heavy atom. The van der Waals surface area contributed by atoms with Crippen molar-refractivity contribution in [1.82, 2.24) is 0 Å². The molecule has 8 heteroatoms. The summed E-state index contributed by atoms with van der Waals surface area (Å²) in [5.41, 5.74) is -0.578. The molecule has 1 rings (SSSR count). The normalized spacial score (nSPS) is 11.2. The smallest absolute Gasteiger partial charge is 0.335 e. The maximum atomic E-state index is 12.1. The molecule has 202 valence electrons. The van der Waals surface area contributed by atoms with Crippen LogP contribution < -0.4 is 5.32 Å². The van der Waals surface area contributed by atoms with Gasteiger partial charge in [0.25, 0.3) is 0 Å².